The molecule has 0 saturated heterocycles. The van der Waals surface area contributed by atoms with Gasteiger partial charge < -0.3 is 4.90 Å². The molecule has 2 rings (SSSR count). The SMILES string of the molecule is Cc1cc(N(CCCBr)C2CCC2)ncn1. The van der Waals surface area contributed by atoms with Crippen LogP contribution in [0.5, 0.6) is 0 Å². The zero-order chi connectivity index (χ0) is 11.4. The monoisotopic (exact) mass is 283 g/mol. The molecule has 1 heterocycles. The third-order valence-corrected chi connectivity index (χ3v) is 3.69. The predicted octanol–water partition coefficient (Wildman–Crippen LogP) is 2.93. The number of aromatic nitrogens is 2. The minimum atomic E-state index is 0.702. The zero-order valence-electron chi connectivity index (χ0n) is 9.69. The molecule has 1 fully saturated rings. The molecule has 0 atom stereocenters. The number of hydrogen-bond acceptors (Lipinski definition) is 3. The van der Waals surface area contributed by atoms with E-state index < -0.39 is 0 Å². The number of rotatable bonds is 5. The molecule has 1 aliphatic carbocycles. The van der Waals surface area contributed by atoms with E-state index >= 15 is 0 Å². The van der Waals surface area contributed by atoms with Crippen molar-refractivity contribution in [3.63, 3.8) is 0 Å². The zero-order valence-corrected chi connectivity index (χ0v) is 11.3. The van der Waals surface area contributed by atoms with Gasteiger partial charge in [-0.2, -0.15) is 0 Å². The minimum Gasteiger partial charge on any atom is -0.354 e. The lowest BCUT2D eigenvalue weighted by molar-refractivity contribution is 0.384. The van der Waals surface area contributed by atoms with E-state index in [2.05, 4.69) is 36.9 Å². The standard InChI is InChI=1S/C12H18BrN3/c1-10-8-12(15-9-14-10)16(7-3-6-13)11-4-2-5-11/h8-9,11H,2-7H2,1H3. The van der Waals surface area contributed by atoms with Crippen LogP contribution in [-0.4, -0.2) is 27.9 Å². The molecular formula is C12H18BrN3. The molecule has 0 N–H and O–H groups in total. The van der Waals surface area contributed by atoms with Gasteiger partial charge in [-0.15, -0.1) is 0 Å². The van der Waals surface area contributed by atoms with Gasteiger partial charge in [0.1, 0.15) is 12.1 Å². The van der Waals surface area contributed by atoms with Crippen LogP contribution in [0.1, 0.15) is 31.4 Å². The molecule has 88 valence electrons. The highest BCUT2D eigenvalue weighted by Crippen LogP contribution is 2.28. The van der Waals surface area contributed by atoms with Gasteiger partial charge in [-0.05, 0) is 32.6 Å². The van der Waals surface area contributed by atoms with Crippen LogP contribution in [0.2, 0.25) is 0 Å². The minimum absolute atomic E-state index is 0.702. The second-order valence-corrected chi connectivity index (χ2v) is 5.13. The number of halogens is 1. The summed E-state index contributed by atoms with van der Waals surface area (Å²) >= 11 is 3.49. The van der Waals surface area contributed by atoms with Crippen molar-refractivity contribution in [2.24, 2.45) is 0 Å². The second kappa shape index (κ2) is 5.62. The summed E-state index contributed by atoms with van der Waals surface area (Å²) in [5.41, 5.74) is 1.05. The Morgan fingerprint density at radius 1 is 1.44 bits per heavy atom. The van der Waals surface area contributed by atoms with Gasteiger partial charge in [0.15, 0.2) is 0 Å². The summed E-state index contributed by atoms with van der Waals surface area (Å²) in [5.74, 6) is 1.10. The fourth-order valence-electron chi connectivity index (χ4n) is 2.01. The molecule has 1 aliphatic rings. The van der Waals surface area contributed by atoms with Gasteiger partial charge >= 0.3 is 0 Å². The van der Waals surface area contributed by atoms with Crippen LogP contribution in [0.3, 0.4) is 0 Å². The summed E-state index contributed by atoms with van der Waals surface area (Å²) in [5, 5.41) is 1.06. The van der Waals surface area contributed by atoms with Gasteiger partial charge in [0.25, 0.3) is 0 Å². The van der Waals surface area contributed by atoms with Gasteiger partial charge in [-0.25, -0.2) is 9.97 Å². The Balaban J connectivity index is 2.10. The third kappa shape index (κ3) is 2.73. The Morgan fingerprint density at radius 3 is 2.81 bits per heavy atom. The van der Waals surface area contributed by atoms with E-state index in [1.165, 1.54) is 25.7 Å². The first-order valence-electron chi connectivity index (χ1n) is 5.92. The molecule has 0 unspecified atom stereocenters. The van der Waals surface area contributed by atoms with Crippen LogP contribution in [0.4, 0.5) is 5.82 Å². The van der Waals surface area contributed by atoms with Crippen molar-refractivity contribution in [1.82, 2.24) is 9.97 Å². The lowest BCUT2D eigenvalue weighted by Crippen LogP contribution is -2.41. The molecule has 1 saturated carbocycles. The Morgan fingerprint density at radius 2 is 2.25 bits per heavy atom. The number of aryl methyl sites for hydroxylation is 1. The van der Waals surface area contributed by atoms with Crippen LogP contribution in [0.25, 0.3) is 0 Å². The van der Waals surface area contributed by atoms with Gasteiger partial charge in [0.2, 0.25) is 0 Å². The van der Waals surface area contributed by atoms with Crippen LogP contribution >= 0.6 is 15.9 Å². The van der Waals surface area contributed by atoms with Gasteiger partial charge in [0.05, 0.1) is 0 Å². The molecule has 1 aromatic heterocycles. The topological polar surface area (TPSA) is 29.0 Å². The molecule has 0 radical (unpaired) electrons. The van der Waals surface area contributed by atoms with Gasteiger partial charge in [0, 0.05) is 29.7 Å². The van der Waals surface area contributed by atoms with E-state index in [1.807, 2.05) is 6.92 Å². The normalized spacial score (nSPS) is 15.9. The Hall–Kier alpha value is -0.640. The molecule has 3 nitrogen and oxygen atoms in total. The molecule has 0 bridgehead atoms. The molecule has 4 heteroatoms. The molecule has 16 heavy (non-hydrogen) atoms. The smallest absolute Gasteiger partial charge is 0.132 e. The summed E-state index contributed by atoms with van der Waals surface area (Å²) < 4.78 is 0. The average molecular weight is 284 g/mol. The van der Waals surface area contributed by atoms with Crippen molar-refractivity contribution in [2.75, 3.05) is 16.8 Å². The second-order valence-electron chi connectivity index (χ2n) is 4.34. The highest BCUT2D eigenvalue weighted by molar-refractivity contribution is 9.09. The first kappa shape index (κ1) is 11.8. The highest BCUT2D eigenvalue weighted by atomic mass is 79.9. The Labute approximate surface area is 105 Å². The van der Waals surface area contributed by atoms with E-state index in [1.54, 1.807) is 6.33 Å². The fourth-order valence-corrected chi connectivity index (χ4v) is 2.26. The number of nitrogens with zero attached hydrogens (tertiary/aromatic N) is 3. The molecule has 0 spiro atoms. The highest BCUT2D eigenvalue weighted by Gasteiger charge is 2.25. The van der Waals surface area contributed by atoms with Gasteiger partial charge in [-0.3, -0.25) is 0 Å². The summed E-state index contributed by atoms with van der Waals surface area (Å²) in [7, 11) is 0. The summed E-state index contributed by atoms with van der Waals surface area (Å²) in [6.45, 7) is 3.11. The molecular weight excluding hydrogens is 266 g/mol. The van der Waals surface area contributed by atoms with Crippen molar-refractivity contribution in [3.05, 3.63) is 18.1 Å². The molecule has 0 amide bonds. The van der Waals surface area contributed by atoms with Crippen LogP contribution in [-0.2, 0) is 0 Å². The quantitative estimate of drug-likeness (QED) is 0.778. The van der Waals surface area contributed by atoms with Gasteiger partial charge in [-0.1, -0.05) is 15.9 Å². The third-order valence-electron chi connectivity index (χ3n) is 3.13. The van der Waals surface area contributed by atoms with E-state index in [9.17, 15) is 0 Å². The number of anilines is 1. The van der Waals surface area contributed by atoms with Crippen LogP contribution in [0.15, 0.2) is 12.4 Å². The van der Waals surface area contributed by atoms with Crippen LogP contribution in [0, 0.1) is 6.92 Å². The van der Waals surface area contributed by atoms with Crippen molar-refractivity contribution in [2.45, 2.75) is 38.6 Å². The summed E-state index contributed by atoms with van der Waals surface area (Å²) in [6.07, 6.45) is 6.82. The van der Waals surface area contributed by atoms with E-state index in [4.69, 9.17) is 0 Å². The van der Waals surface area contributed by atoms with Crippen molar-refractivity contribution < 1.29 is 0 Å². The maximum Gasteiger partial charge on any atom is 0.132 e. The van der Waals surface area contributed by atoms with Crippen molar-refractivity contribution in [3.8, 4) is 0 Å². The van der Waals surface area contributed by atoms with Crippen molar-refractivity contribution >= 4 is 21.7 Å². The lowest BCUT2D eigenvalue weighted by Gasteiger charge is -2.38. The summed E-state index contributed by atoms with van der Waals surface area (Å²) in [6, 6.07) is 2.79. The van der Waals surface area contributed by atoms with Crippen LogP contribution < -0.4 is 4.90 Å². The number of alkyl halides is 1. The van der Waals surface area contributed by atoms with Crippen molar-refractivity contribution in [1.29, 1.82) is 0 Å². The molecule has 0 aliphatic heterocycles. The lowest BCUT2D eigenvalue weighted by atomic mass is 9.91. The maximum atomic E-state index is 4.40. The van der Waals surface area contributed by atoms with E-state index in [0.717, 1.165) is 23.4 Å². The maximum absolute atomic E-state index is 4.40. The number of hydrogen-bond donors (Lipinski definition) is 0. The average Bonchev–Trinajstić information content (AvgIpc) is 2.21. The molecule has 1 aromatic rings. The van der Waals surface area contributed by atoms with E-state index in [0.29, 0.717) is 6.04 Å². The fraction of sp³-hybridized carbons (Fsp3) is 0.667. The first-order chi connectivity index (χ1) is 7.81. The molecule has 0 aromatic carbocycles. The first-order valence-corrected chi connectivity index (χ1v) is 7.04. The Bertz CT molecular complexity index is 339. The largest absolute Gasteiger partial charge is 0.354 e. The summed E-state index contributed by atoms with van der Waals surface area (Å²) in [4.78, 5) is 11.0. The van der Waals surface area contributed by atoms with E-state index in [-0.39, 0.29) is 0 Å². The Kier molecular flexibility index (Phi) is 4.16. The predicted molar refractivity (Wildman–Crippen MR) is 70.2 cm³/mol.